The second-order valence-corrected chi connectivity index (χ2v) is 5.54. The van der Waals surface area contributed by atoms with Crippen LogP contribution in [-0.2, 0) is 14.3 Å². The highest BCUT2D eigenvalue weighted by molar-refractivity contribution is 5.83. The number of amides is 1. The van der Waals surface area contributed by atoms with Crippen molar-refractivity contribution in [3.05, 3.63) is 0 Å². The molecule has 0 aromatic heterocycles. The van der Waals surface area contributed by atoms with Crippen molar-refractivity contribution >= 4 is 11.9 Å². The van der Waals surface area contributed by atoms with Gasteiger partial charge in [0.1, 0.15) is 11.7 Å². The van der Waals surface area contributed by atoms with Crippen LogP contribution in [0.2, 0.25) is 0 Å². The largest absolute Gasteiger partial charge is 0.444 e. The van der Waals surface area contributed by atoms with Gasteiger partial charge in [0.25, 0.3) is 0 Å². The maximum absolute atomic E-state index is 11.6. The number of hydrogen-bond donors (Lipinski definition) is 1. The molecule has 0 radical (unpaired) electrons. The highest BCUT2D eigenvalue weighted by Gasteiger charge is 2.33. The van der Waals surface area contributed by atoms with E-state index in [1.807, 2.05) is 27.7 Å². The molecule has 1 saturated heterocycles. The molecule has 5 nitrogen and oxygen atoms in total. The van der Waals surface area contributed by atoms with Crippen LogP contribution in [0.15, 0.2) is 0 Å². The Balaban J connectivity index is 2.38. The lowest BCUT2D eigenvalue weighted by Crippen LogP contribution is -2.39. The molecule has 104 valence electrons. The van der Waals surface area contributed by atoms with E-state index in [0.717, 1.165) is 6.42 Å². The van der Waals surface area contributed by atoms with Crippen molar-refractivity contribution in [2.75, 3.05) is 13.2 Å². The lowest BCUT2D eigenvalue weighted by molar-refractivity contribution is -0.129. The first kappa shape index (κ1) is 15.0. The molecule has 1 heterocycles. The van der Waals surface area contributed by atoms with Crippen molar-refractivity contribution in [1.29, 1.82) is 0 Å². The van der Waals surface area contributed by atoms with E-state index >= 15 is 0 Å². The van der Waals surface area contributed by atoms with Gasteiger partial charge >= 0.3 is 6.09 Å². The summed E-state index contributed by atoms with van der Waals surface area (Å²) in [6.45, 7) is 8.27. The first-order valence-electron chi connectivity index (χ1n) is 6.44. The van der Waals surface area contributed by atoms with Gasteiger partial charge in [0.15, 0.2) is 5.78 Å². The van der Waals surface area contributed by atoms with Gasteiger partial charge in [0, 0.05) is 25.5 Å². The Labute approximate surface area is 108 Å². The molecular formula is C13H23NO4. The number of Topliss-reactive ketones (excluding diaryl/α,β-unsaturated/α-hetero) is 1. The van der Waals surface area contributed by atoms with Gasteiger partial charge < -0.3 is 14.8 Å². The molecule has 18 heavy (non-hydrogen) atoms. The first-order chi connectivity index (χ1) is 8.33. The molecule has 2 atom stereocenters. The molecule has 1 aliphatic rings. The van der Waals surface area contributed by atoms with Crippen LogP contribution in [0.25, 0.3) is 0 Å². The van der Waals surface area contributed by atoms with Crippen molar-refractivity contribution in [2.45, 2.75) is 52.2 Å². The predicted molar refractivity (Wildman–Crippen MR) is 67.4 cm³/mol. The molecule has 1 amide bonds. The van der Waals surface area contributed by atoms with E-state index in [1.54, 1.807) is 0 Å². The van der Waals surface area contributed by atoms with Gasteiger partial charge in [-0.15, -0.1) is 0 Å². The van der Waals surface area contributed by atoms with Gasteiger partial charge in [-0.25, -0.2) is 4.79 Å². The normalized spacial score (nSPS) is 23.8. The Morgan fingerprint density at radius 1 is 1.39 bits per heavy atom. The van der Waals surface area contributed by atoms with Crippen molar-refractivity contribution in [2.24, 2.45) is 5.92 Å². The van der Waals surface area contributed by atoms with Crippen LogP contribution in [0.4, 0.5) is 4.79 Å². The topological polar surface area (TPSA) is 64.6 Å². The van der Waals surface area contributed by atoms with Crippen LogP contribution < -0.4 is 5.32 Å². The number of ketones is 1. The number of nitrogens with one attached hydrogen (secondary N) is 1. The zero-order valence-corrected chi connectivity index (χ0v) is 11.6. The van der Waals surface area contributed by atoms with Gasteiger partial charge in [0.2, 0.25) is 0 Å². The number of ether oxygens (including phenoxy) is 2. The van der Waals surface area contributed by atoms with Crippen molar-refractivity contribution < 1.29 is 19.1 Å². The number of carbonyl (C=O) groups is 2. The van der Waals surface area contributed by atoms with Crippen LogP contribution >= 0.6 is 0 Å². The minimum Gasteiger partial charge on any atom is -0.444 e. The lowest BCUT2D eigenvalue weighted by Gasteiger charge is -2.21. The summed E-state index contributed by atoms with van der Waals surface area (Å²) in [5.74, 6) is 0.161. The van der Waals surface area contributed by atoms with Crippen molar-refractivity contribution in [1.82, 2.24) is 5.32 Å². The summed E-state index contributed by atoms with van der Waals surface area (Å²) in [6, 6.07) is 0. The van der Waals surface area contributed by atoms with Crippen LogP contribution in [0.1, 0.15) is 40.5 Å². The molecule has 0 aromatic rings. The molecule has 0 spiro atoms. The summed E-state index contributed by atoms with van der Waals surface area (Å²) in [4.78, 5) is 23.1. The quantitative estimate of drug-likeness (QED) is 0.835. The van der Waals surface area contributed by atoms with Gasteiger partial charge in [-0.3, -0.25) is 4.79 Å². The highest BCUT2D eigenvalue weighted by Crippen LogP contribution is 2.22. The molecule has 0 bridgehead atoms. The second-order valence-electron chi connectivity index (χ2n) is 5.54. The van der Waals surface area contributed by atoms with Gasteiger partial charge in [0.05, 0.1) is 0 Å². The summed E-state index contributed by atoms with van der Waals surface area (Å²) in [7, 11) is 0. The SMILES string of the molecule is CCC(=O)C1OCCC1CNC(=O)OC(C)(C)C. The summed E-state index contributed by atoms with van der Waals surface area (Å²) in [6.07, 6.45) is 0.446. The Bertz CT molecular complexity index is 309. The van der Waals surface area contributed by atoms with E-state index in [9.17, 15) is 9.59 Å². The van der Waals surface area contributed by atoms with Crippen LogP contribution in [0, 0.1) is 5.92 Å². The molecule has 0 aromatic carbocycles. The van der Waals surface area contributed by atoms with E-state index < -0.39 is 11.7 Å². The third-order valence-electron chi connectivity index (χ3n) is 2.79. The summed E-state index contributed by atoms with van der Waals surface area (Å²) in [5.41, 5.74) is -0.505. The van der Waals surface area contributed by atoms with E-state index in [-0.39, 0.29) is 17.8 Å². The average Bonchev–Trinajstić information content (AvgIpc) is 2.71. The second kappa shape index (κ2) is 6.18. The fourth-order valence-corrected chi connectivity index (χ4v) is 1.93. The number of carbonyl (C=O) groups excluding carboxylic acids is 2. The summed E-state index contributed by atoms with van der Waals surface area (Å²) in [5, 5.41) is 2.70. The molecule has 1 N–H and O–H groups in total. The van der Waals surface area contributed by atoms with Crippen LogP contribution in [0.5, 0.6) is 0 Å². The summed E-state index contributed by atoms with van der Waals surface area (Å²) >= 11 is 0. The van der Waals surface area contributed by atoms with Crippen molar-refractivity contribution in [3.63, 3.8) is 0 Å². The molecule has 0 aliphatic carbocycles. The van der Waals surface area contributed by atoms with E-state index in [1.165, 1.54) is 0 Å². The Morgan fingerprint density at radius 3 is 2.61 bits per heavy atom. The zero-order chi connectivity index (χ0) is 13.8. The number of hydrogen-bond acceptors (Lipinski definition) is 4. The van der Waals surface area contributed by atoms with Gasteiger partial charge in [-0.2, -0.15) is 0 Å². The molecule has 2 unspecified atom stereocenters. The van der Waals surface area contributed by atoms with Crippen LogP contribution in [-0.4, -0.2) is 36.7 Å². The summed E-state index contributed by atoms with van der Waals surface area (Å²) < 4.78 is 10.6. The molecule has 5 heteroatoms. The van der Waals surface area contributed by atoms with Crippen molar-refractivity contribution in [3.8, 4) is 0 Å². The third kappa shape index (κ3) is 4.64. The molecule has 1 fully saturated rings. The Kier molecular flexibility index (Phi) is 5.14. The number of alkyl carbamates (subject to hydrolysis) is 1. The lowest BCUT2D eigenvalue weighted by atomic mass is 9.97. The molecule has 1 aliphatic heterocycles. The van der Waals surface area contributed by atoms with E-state index in [4.69, 9.17) is 9.47 Å². The monoisotopic (exact) mass is 257 g/mol. The molecule has 0 saturated carbocycles. The number of rotatable bonds is 4. The predicted octanol–water partition coefficient (Wildman–Crippen LogP) is 1.90. The minimum absolute atomic E-state index is 0.0602. The Morgan fingerprint density at radius 2 is 2.06 bits per heavy atom. The third-order valence-corrected chi connectivity index (χ3v) is 2.79. The smallest absolute Gasteiger partial charge is 0.407 e. The molecule has 1 rings (SSSR count). The van der Waals surface area contributed by atoms with E-state index in [0.29, 0.717) is 19.6 Å². The first-order valence-corrected chi connectivity index (χ1v) is 6.44. The maximum Gasteiger partial charge on any atom is 0.407 e. The van der Waals surface area contributed by atoms with Gasteiger partial charge in [-0.05, 0) is 27.2 Å². The fraction of sp³-hybridized carbons (Fsp3) is 0.846. The van der Waals surface area contributed by atoms with E-state index in [2.05, 4.69) is 5.32 Å². The highest BCUT2D eigenvalue weighted by atomic mass is 16.6. The average molecular weight is 257 g/mol. The standard InChI is InChI=1S/C13H23NO4/c1-5-10(15)11-9(6-7-17-11)8-14-12(16)18-13(2,3)4/h9,11H,5-8H2,1-4H3,(H,14,16). The zero-order valence-electron chi connectivity index (χ0n) is 11.6. The fourth-order valence-electron chi connectivity index (χ4n) is 1.93. The van der Waals surface area contributed by atoms with Crippen LogP contribution in [0.3, 0.4) is 0 Å². The Hall–Kier alpha value is -1.10. The molecular weight excluding hydrogens is 234 g/mol. The maximum atomic E-state index is 11.6. The minimum atomic E-state index is -0.505. The van der Waals surface area contributed by atoms with Gasteiger partial charge in [-0.1, -0.05) is 6.92 Å².